The van der Waals surface area contributed by atoms with E-state index in [1.165, 1.54) is 19.1 Å². The fourth-order valence-corrected chi connectivity index (χ4v) is 1.85. The SMILES string of the molecule is Cc1ccc(NC(C)C(=O)Nc2c(F)cccc2F)cc1F. The van der Waals surface area contributed by atoms with Gasteiger partial charge in [0.15, 0.2) is 0 Å². The van der Waals surface area contributed by atoms with Crippen LogP contribution in [-0.4, -0.2) is 11.9 Å². The summed E-state index contributed by atoms with van der Waals surface area (Å²) in [5.74, 6) is -2.76. The Hall–Kier alpha value is -2.50. The molecular formula is C16H15F3N2O. The van der Waals surface area contributed by atoms with Gasteiger partial charge >= 0.3 is 0 Å². The second-order valence-electron chi connectivity index (χ2n) is 4.92. The number of hydrogen-bond acceptors (Lipinski definition) is 2. The minimum Gasteiger partial charge on any atom is -0.374 e. The standard InChI is InChI=1S/C16H15F3N2O/c1-9-6-7-11(8-14(9)19)20-10(2)16(22)21-15-12(17)4-3-5-13(15)18/h3-8,10,20H,1-2H3,(H,21,22). The summed E-state index contributed by atoms with van der Waals surface area (Å²) < 4.78 is 40.4. The first-order valence-electron chi connectivity index (χ1n) is 6.66. The summed E-state index contributed by atoms with van der Waals surface area (Å²) in [7, 11) is 0. The Kier molecular flexibility index (Phi) is 4.70. The molecule has 0 bridgehead atoms. The lowest BCUT2D eigenvalue weighted by atomic mass is 10.2. The summed E-state index contributed by atoms with van der Waals surface area (Å²) in [5, 5.41) is 4.95. The minimum absolute atomic E-state index is 0.403. The third-order valence-corrected chi connectivity index (χ3v) is 3.16. The fourth-order valence-electron chi connectivity index (χ4n) is 1.85. The lowest BCUT2D eigenvalue weighted by molar-refractivity contribution is -0.116. The third-order valence-electron chi connectivity index (χ3n) is 3.16. The van der Waals surface area contributed by atoms with Crippen LogP contribution in [0.5, 0.6) is 0 Å². The van der Waals surface area contributed by atoms with Crippen LogP contribution < -0.4 is 10.6 Å². The minimum atomic E-state index is -0.859. The Labute approximate surface area is 126 Å². The van der Waals surface area contributed by atoms with Crippen molar-refractivity contribution in [3.8, 4) is 0 Å². The quantitative estimate of drug-likeness (QED) is 0.900. The van der Waals surface area contributed by atoms with Gasteiger partial charge in [0.05, 0.1) is 0 Å². The number of hydrogen-bond donors (Lipinski definition) is 2. The average molecular weight is 308 g/mol. The van der Waals surface area contributed by atoms with Crippen molar-refractivity contribution in [2.45, 2.75) is 19.9 Å². The molecular weight excluding hydrogens is 293 g/mol. The summed E-state index contributed by atoms with van der Waals surface area (Å²) in [6, 6.07) is 6.93. The maximum atomic E-state index is 13.5. The Bertz CT molecular complexity index is 684. The zero-order valence-electron chi connectivity index (χ0n) is 12.1. The van der Waals surface area contributed by atoms with Crippen molar-refractivity contribution < 1.29 is 18.0 Å². The lowest BCUT2D eigenvalue weighted by Gasteiger charge is -2.16. The highest BCUT2D eigenvalue weighted by atomic mass is 19.1. The molecule has 2 rings (SSSR count). The molecule has 22 heavy (non-hydrogen) atoms. The Morgan fingerprint density at radius 3 is 2.27 bits per heavy atom. The summed E-state index contributed by atoms with van der Waals surface area (Å²) in [6.07, 6.45) is 0. The molecule has 0 saturated heterocycles. The van der Waals surface area contributed by atoms with Crippen LogP contribution in [0, 0.1) is 24.4 Å². The van der Waals surface area contributed by atoms with Gasteiger partial charge in [0.2, 0.25) is 5.91 Å². The molecule has 2 aromatic rings. The summed E-state index contributed by atoms with van der Waals surface area (Å²) in [5.41, 5.74) is 0.382. The van der Waals surface area contributed by atoms with Crippen molar-refractivity contribution in [2.75, 3.05) is 10.6 Å². The van der Waals surface area contributed by atoms with E-state index in [1.807, 2.05) is 0 Å². The number of benzene rings is 2. The van der Waals surface area contributed by atoms with Crippen LogP contribution in [-0.2, 0) is 4.79 Å². The fraction of sp³-hybridized carbons (Fsp3) is 0.188. The first-order chi connectivity index (χ1) is 10.4. The first-order valence-corrected chi connectivity index (χ1v) is 6.66. The number of carbonyl (C=O) groups is 1. The highest BCUT2D eigenvalue weighted by molar-refractivity contribution is 5.96. The van der Waals surface area contributed by atoms with E-state index in [0.717, 1.165) is 12.1 Å². The summed E-state index contributed by atoms with van der Waals surface area (Å²) in [6.45, 7) is 3.13. The van der Waals surface area contributed by atoms with E-state index in [0.29, 0.717) is 11.3 Å². The molecule has 0 aliphatic heterocycles. The number of anilines is 2. The normalized spacial score (nSPS) is 11.9. The van der Waals surface area contributed by atoms with Crippen molar-refractivity contribution in [1.82, 2.24) is 0 Å². The molecule has 0 aliphatic rings. The van der Waals surface area contributed by atoms with Crippen molar-refractivity contribution in [1.29, 1.82) is 0 Å². The molecule has 0 heterocycles. The van der Waals surface area contributed by atoms with Gasteiger partial charge in [0, 0.05) is 5.69 Å². The molecule has 116 valence electrons. The maximum Gasteiger partial charge on any atom is 0.246 e. The van der Waals surface area contributed by atoms with Gasteiger partial charge < -0.3 is 10.6 Å². The molecule has 0 radical (unpaired) electrons. The Morgan fingerprint density at radius 2 is 1.68 bits per heavy atom. The van der Waals surface area contributed by atoms with E-state index in [-0.39, 0.29) is 0 Å². The molecule has 2 aromatic carbocycles. The second-order valence-corrected chi connectivity index (χ2v) is 4.92. The van der Waals surface area contributed by atoms with E-state index in [4.69, 9.17) is 0 Å². The van der Waals surface area contributed by atoms with Crippen LogP contribution in [0.4, 0.5) is 24.5 Å². The first kappa shape index (κ1) is 15.9. The molecule has 0 aliphatic carbocycles. The average Bonchev–Trinajstić information content (AvgIpc) is 2.46. The van der Waals surface area contributed by atoms with Gasteiger partial charge in [-0.3, -0.25) is 4.79 Å². The summed E-state index contributed by atoms with van der Waals surface area (Å²) >= 11 is 0. The van der Waals surface area contributed by atoms with E-state index in [9.17, 15) is 18.0 Å². The predicted octanol–water partition coefficient (Wildman–Crippen LogP) is 3.85. The largest absolute Gasteiger partial charge is 0.374 e. The van der Waals surface area contributed by atoms with Crippen molar-refractivity contribution in [3.05, 3.63) is 59.4 Å². The summed E-state index contributed by atoms with van der Waals surface area (Å²) in [4.78, 5) is 12.0. The monoisotopic (exact) mass is 308 g/mol. The van der Waals surface area contributed by atoms with Gasteiger partial charge in [0.1, 0.15) is 29.2 Å². The number of rotatable bonds is 4. The van der Waals surface area contributed by atoms with E-state index >= 15 is 0 Å². The van der Waals surface area contributed by atoms with E-state index in [1.54, 1.807) is 19.1 Å². The number of amides is 1. The highest BCUT2D eigenvalue weighted by Crippen LogP contribution is 2.19. The molecule has 1 atom stereocenters. The van der Waals surface area contributed by atoms with Crippen LogP contribution in [0.3, 0.4) is 0 Å². The smallest absolute Gasteiger partial charge is 0.246 e. The number of aryl methyl sites for hydroxylation is 1. The van der Waals surface area contributed by atoms with Gasteiger partial charge in [-0.1, -0.05) is 12.1 Å². The maximum absolute atomic E-state index is 13.5. The Balaban J connectivity index is 2.07. The predicted molar refractivity (Wildman–Crippen MR) is 79.2 cm³/mol. The van der Waals surface area contributed by atoms with Gasteiger partial charge in [-0.15, -0.1) is 0 Å². The van der Waals surface area contributed by atoms with Crippen LogP contribution >= 0.6 is 0 Å². The van der Waals surface area contributed by atoms with Crippen molar-refractivity contribution in [3.63, 3.8) is 0 Å². The van der Waals surface area contributed by atoms with Gasteiger partial charge in [-0.05, 0) is 43.7 Å². The van der Waals surface area contributed by atoms with Crippen LogP contribution in [0.2, 0.25) is 0 Å². The molecule has 0 spiro atoms. The lowest BCUT2D eigenvalue weighted by Crippen LogP contribution is -2.32. The second kappa shape index (κ2) is 6.51. The van der Waals surface area contributed by atoms with Crippen LogP contribution in [0.15, 0.2) is 36.4 Å². The highest BCUT2D eigenvalue weighted by Gasteiger charge is 2.17. The molecule has 0 saturated carbocycles. The molecule has 0 fully saturated rings. The molecule has 3 nitrogen and oxygen atoms in total. The van der Waals surface area contributed by atoms with Crippen molar-refractivity contribution in [2.24, 2.45) is 0 Å². The molecule has 2 N–H and O–H groups in total. The molecule has 6 heteroatoms. The van der Waals surface area contributed by atoms with E-state index < -0.39 is 35.1 Å². The van der Waals surface area contributed by atoms with Gasteiger partial charge in [-0.2, -0.15) is 0 Å². The number of para-hydroxylation sites is 1. The Morgan fingerprint density at radius 1 is 1.05 bits per heavy atom. The van der Waals surface area contributed by atoms with E-state index in [2.05, 4.69) is 10.6 Å². The molecule has 0 aromatic heterocycles. The zero-order chi connectivity index (χ0) is 16.3. The topological polar surface area (TPSA) is 41.1 Å². The molecule has 1 unspecified atom stereocenters. The van der Waals surface area contributed by atoms with Crippen LogP contribution in [0.25, 0.3) is 0 Å². The third kappa shape index (κ3) is 3.58. The van der Waals surface area contributed by atoms with Crippen molar-refractivity contribution >= 4 is 17.3 Å². The van der Waals surface area contributed by atoms with Gasteiger partial charge in [0.25, 0.3) is 0 Å². The van der Waals surface area contributed by atoms with Crippen LogP contribution in [0.1, 0.15) is 12.5 Å². The number of nitrogens with one attached hydrogen (secondary N) is 2. The number of carbonyl (C=O) groups excluding carboxylic acids is 1. The zero-order valence-corrected chi connectivity index (χ0v) is 12.1. The van der Waals surface area contributed by atoms with Gasteiger partial charge in [-0.25, -0.2) is 13.2 Å². The number of halogens is 3. The molecule has 1 amide bonds.